The Morgan fingerprint density at radius 2 is 2.04 bits per heavy atom. The molecule has 9 heteroatoms. The van der Waals surface area contributed by atoms with Gasteiger partial charge in [-0.05, 0) is 0 Å². The maximum absolute atomic E-state index is 12.3. The molecule has 0 amide bonds. The highest BCUT2D eigenvalue weighted by Crippen LogP contribution is 2.23. The first-order chi connectivity index (χ1) is 12.8. The molecule has 0 unspecified atom stereocenters. The van der Waals surface area contributed by atoms with Gasteiger partial charge in [0, 0.05) is 44.3 Å². The minimum atomic E-state index is -0.0440. The Labute approximate surface area is 154 Å². The molecule has 1 saturated heterocycles. The first-order valence-corrected chi connectivity index (χ1v) is 9.31. The van der Waals surface area contributed by atoms with Gasteiger partial charge in [0.15, 0.2) is 22.0 Å². The number of anilines is 1. The number of thiazole rings is 1. The second-order valence-corrected chi connectivity index (χ2v) is 6.97. The average Bonchev–Trinajstić information content (AvgIpc) is 3.33. The Kier molecular flexibility index (Phi) is 4.72. The lowest BCUT2D eigenvalue weighted by Crippen LogP contribution is -2.46. The lowest BCUT2D eigenvalue weighted by Gasteiger charge is -2.34. The summed E-state index contributed by atoms with van der Waals surface area (Å²) in [5.41, 5.74) is 1.41. The number of fused-ring (bicyclic) bond motifs is 1. The molecule has 0 N–H and O–H groups in total. The van der Waals surface area contributed by atoms with E-state index in [1.807, 2.05) is 6.08 Å². The predicted octanol–water partition coefficient (Wildman–Crippen LogP) is 1.47. The van der Waals surface area contributed by atoms with Gasteiger partial charge in [-0.25, -0.2) is 19.9 Å². The van der Waals surface area contributed by atoms with Crippen LogP contribution in [0.25, 0.3) is 11.2 Å². The molecule has 0 aromatic carbocycles. The van der Waals surface area contributed by atoms with E-state index in [1.54, 1.807) is 28.8 Å². The summed E-state index contributed by atoms with van der Waals surface area (Å²) in [4.78, 5) is 34.3. The number of Topliss-reactive ketones (excluding diaryl/α,β-unsaturated/α-hetero) is 1. The topological polar surface area (TPSA) is 80.0 Å². The van der Waals surface area contributed by atoms with Crippen molar-refractivity contribution in [3.63, 3.8) is 0 Å². The molecule has 0 spiro atoms. The van der Waals surface area contributed by atoms with Crippen molar-refractivity contribution in [1.29, 1.82) is 0 Å². The molecule has 0 atom stereocenters. The van der Waals surface area contributed by atoms with Gasteiger partial charge < -0.3 is 9.47 Å². The van der Waals surface area contributed by atoms with E-state index >= 15 is 0 Å². The lowest BCUT2D eigenvalue weighted by atomic mass is 10.3. The number of piperazine rings is 1. The van der Waals surface area contributed by atoms with Gasteiger partial charge in [0.25, 0.3) is 0 Å². The van der Waals surface area contributed by atoms with Crippen LogP contribution < -0.4 is 4.90 Å². The molecule has 0 radical (unpaired) electrons. The highest BCUT2D eigenvalue weighted by atomic mass is 32.1. The molecule has 3 aromatic heterocycles. The molecule has 4 rings (SSSR count). The number of carbonyl (C=O) groups is 1. The molecule has 0 bridgehead atoms. The monoisotopic (exact) mass is 369 g/mol. The maximum Gasteiger partial charge on any atom is 0.211 e. The summed E-state index contributed by atoms with van der Waals surface area (Å²) in [6, 6.07) is 0. The number of ketones is 1. The fourth-order valence-electron chi connectivity index (χ4n) is 3.12. The molecule has 134 valence electrons. The summed E-state index contributed by atoms with van der Waals surface area (Å²) in [6.45, 7) is 8.55. The highest BCUT2D eigenvalue weighted by molar-refractivity contribution is 7.11. The highest BCUT2D eigenvalue weighted by Gasteiger charge is 2.21. The van der Waals surface area contributed by atoms with Crippen LogP contribution in [0.3, 0.4) is 0 Å². The Bertz CT molecular complexity index is 912. The Morgan fingerprint density at radius 1 is 1.19 bits per heavy atom. The SMILES string of the molecule is C=CCN1CCN(c2ncnc3c2ncn3CC(=O)c2nccs2)CC1. The summed E-state index contributed by atoms with van der Waals surface area (Å²) < 4.78 is 1.76. The fraction of sp³-hybridized carbons (Fsp3) is 0.353. The number of imidazole rings is 1. The van der Waals surface area contributed by atoms with Crippen molar-refractivity contribution in [2.75, 3.05) is 37.6 Å². The second kappa shape index (κ2) is 7.30. The van der Waals surface area contributed by atoms with Crippen molar-refractivity contribution in [3.05, 3.63) is 41.9 Å². The van der Waals surface area contributed by atoms with Crippen molar-refractivity contribution in [1.82, 2.24) is 29.4 Å². The van der Waals surface area contributed by atoms with Crippen molar-refractivity contribution < 1.29 is 4.79 Å². The van der Waals surface area contributed by atoms with E-state index in [0.29, 0.717) is 10.7 Å². The van der Waals surface area contributed by atoms with Crippen molar-refractivity contribution in [3.8, 4) is 0 Å². The van der Waals surface area contributed by atoms with Crippen LogP contribution in [-0.4, -0.2) is 67.9 Å². The quantitative estimate of drug-likeness (QED) is 0.481. The van der Waals surface area contributed by atoms with Gasteiger partial charge in [-0.1, -0.05) is 6.08 Å². The molecule has 3 aromatic rings. The first-order valence-electron chi connectivity index (χ1n) is 8.43. The average molecular weight is 369 g/mol. The maximum atomic E-state index is 12.3. The molecule has 4 heterocycles. The molecule has 1 fully saturated rings. The number of rotatable bonds is 6. The van der Waals surface area contributed by atoms with Gasteiger partial charge in [-0.2, -0.15) is 0 Å². The van der Waals surface area contributed by atoms with Crippen LogP contribution in [0.15, 0.2) is 36.9 Å². The van der Waals surface area contributed by atoms with Crippen LogP contribution in [0.1, 0.15) is 9.80 Å². The number of hydrogen-bond donors (Lipinski definition) is 0. The van der Waals surface area contributed by atoms with Gasteiger partial charge in [0.1, 0.15) is 6.33 Å². The van der Waals surface area contributed by atoms with Crippen LogP contribution in [0.4, 0.5) is 5.82 Å². The third kappa shape index (κ3) is 3.23. The molecule has 1 aliphatic rings. The Balaban J connectivity index is 1.56. The standard InChI is InChI=1S/C17H19N7OS/c1-2-4-22-5-7-23(8-6-22)15-14-16(20-11-19-15)24(12-21-14)10-13(25)17-18-3-9-26-17/h2-3,9,11-12H,1,4-8,10H2. The summed E-state index contributed by atoms with van der Waals surface area (Å²) >= 11 is 1.34. The summed E-state index contributed by atoms with van der Waals surface area (Å²) in [7, 11) is 0. The van der Waals surface area contributed by atoms with E-state index in [1.165, 1.54) is 11.3 Å². The number of hydrogen-bond acceptors (Lipinski definition) is 8. The third-order valence-corrected chi connectivity index (χ3v) is 5.24. The second-order valence-electron chi connectivity index (χ2n) is 6.08. The van der Waals surface area contributed by atoms with Gasteiger partial charge >= 0.3 is 0 Å². The fourth-order valence-corrected chi connectivity index (χ4v) is 3.69. The van der Waals surface area contributed by atoms with E-state index < -0.39 is 0 Å². The van der Waals surface area contributed by atoms with Crippen LogP contribution in [0.2, 0.25) is 0 Å². The molecular weight excluding hydrogens is 350 g/mol. The third-order valence-electron chi connectivity index (χ3n) is 4.43. The molecule has 8 nitrogen and oxygen atoms in total. The Morgan fingerprint density at radius 3 is 2.77 bits per heavy atom. The van der Waals surface area contributed by atoms with E-state index in [2.05, 4.69) is 36.3 Å². The van der Waals surface area contributed by atoms with Crippen molar-refractivity contribution in [2.24, 2.45) is 0 Å². The van der Waals surface area contributed by atoms with Crippen LogP contribution in [0, 0.1) is 0 Å². The zero-order valence-electron chi connectivity index (χ0n) is 14.3. The first kappa shape index (κ1) is 16.8. The van der Waals surface area contributed by atoms with E-state index in [9.17, 15) is 4.79 Å². The normalized spacial score (nSPS) is 15.5. The molecule has 0 saturated carbocycles. The van der Waals surface area contributed by atoms with Gasteiger partial charge in [0.05, 0.1) is 12.9 Å². The molecule has 0 aliphatic carbocycles. The largest absolute Gasteiger partial charge is 0.352 e. The molecule has 1 aliphatic heterocycles. The zero-order chi connectivity index (χ0) is 17.9. The number of nitrogens with zero attached hydrogens (tertiary/aromatic N) is 7. The van der Waals surface area contributed by atoms with E-state index in [4.69, 9.17) is 0 Å². The zero-order valence-corrected chi connectivity index (χ0v) is 15.1. The van der Waals surface area contributed by atoms with E-state index in [-0.39, 0.29) is 12.3 Å². The van der Waals surface area contributed by atoms with Crippen LogP contribution in [-0.2, 0) is 6.54 Å². The smallest absolute Gasteiger partial charge is 0.211 e. The number of aromatic nitrogens is 5. The van der Waals surface area contributed by atoms with E-state index in [0.717, 1.165) is 44.1 Å². The number of carbonyl (C=O) groups excluding carboxylic acids is 1. The Hall–Kier alpha value is -2.65. The summed E-state index contributed by atoms with van der Waals surface area (Å²) in [6.07, 6.45) is 6.76. The lowest BCUT2D eigenvalue weighted by molar-refractivity contribution is 0.0973. The van der Waals surface area contributed by atoms with Gasteiger partial charge in [0.2, 0.25) is 5.78 Å². The predicted molar refractivity (Wildman–Crippen MR) is 101 cm³/mol. The molecule has 26 heavy (non-hydrogen) atoms. The van der Waals surface area contributed by atoms with Crippen LogP contribution in [0.5, 0.6) is 0 Å². The van der Waals surface area contributed by atoms with Crippen LogP contribution >= 0.6 is 11.3 Å². The van der Waals surface area contributed by atoms with Gasteiger partial charge in [-0.3, -0.25) is 9.69 Å². The van der Waals surface area contributed by atoms with Gasteiger partial charge in [-0.15, -0.1) is 17.9 Å². The summed E-state index contributed by atoms with van der Waals surface area (Å²) in [5, 5.41) is 2.30. The molecular formula is C17H19N7OS. The van der Waals surface area contributed by atoms with Crippen molar-refractivity contribution >= 4 is 34.1 Å². The minimum Gasteiger partial charge on any atom is -0.352 e. The van der Waals surface area contributed by atoms with Crippen molar-refractivity contribution in [2.45, 2.75) is 6.54 Å². The summed E-state index contributed by atoms with van der Waals surface area (Å²) in [5.74, 6) is 0.784. The minimum absolute atomic E-state index is 0.0440.